The van der Waals surface area contributed by atoms with Crippen LogP contribution >= 0.6 is 0 Å². The Balaban J connectivity index is 1.44. The predicted octanol–water partition coefficient (Wildman–Crippen LogP) is 5.14. The van der Waals surface area contributed by atoms with Gasteiger partial charge in [-0.3, -0.25) is 4.99 Å². The summed E-state index contributed by atoms with van der Waals surface area (Å²) in [4.78, 5) is 9.72. The third-order valence-electron chi connectivity index (χ3n) is 6.67. The van der Waals surface area contributed by atoms with Gasteiger partial charge in [0.15, 0.2) is 0 Å². The van der Waals surface area contributed by atoms with Gasteiger partial charge in [0.1, 0.15) is 5.65 Å². The largest absolute Gasteiger partial charge is 0.501 e. The molecule has 0 aromatic carbocycles. The van der Waals surface area contributed by atoms with Crippen LogP contribution in [0.2, 0.25) is 0 Å². The van der Waals surface area contributed by atoms with E-state index in [0.717, 1.165) is 67.9 Å². The smallest absolute Gasteiger partial charge is 0.144 e. The van der Waals surface area contributed by atoms with Gasteiger partial charge in [-0.15, -0.1) is 0 Å². The summed E-state index contributed by atoms with van der Waals surface area (Å²) < 4.78 is 7.52. The number of pyridine rings is 1. The molecule has 0 bridgehead atoms. The van der Waals surface area contributed by atoms with Gasteiger partial charge < -0.3 is 20.4 Å². The van der Waals surface area contributed by atoms with E-state index >= 15 is 0 Å². The molecule has 2 aliphatic rings. The zero-order valence-electron chi connectivity index (χ0n) is 20.5. The van der Waals surface area contributed by atoms with E-state index in [9.17, 15) is 0 Å². The van der Waals surface area contributed by atoms with Gasteiger partial charge >= 0.3 is 0 Å². The van der Waals surface area contributed by atoms with Gasteiger partial charge in [-0.25, -0.2) is 4.98 Å². The molecule has 3 N–H and O–H groups in total. The summed E-state index contributed by atoms with van der Waals surface area (Å²) in [5.74, 6) is 1.04. The van der Waals surface area contributed by atoms with Crippen molar-refractivity contribution < 1.29 is 4.74 Å². The lowest BCUT2D eigenvalue weighted by Gasteiger charge is -2.19. The lowest BCUT2D eigenvalue weighted by molar-refractivity contribution is 0.275. The van der Waals surface area contributed by atoms with Crippen LogP contribution in [-0.4, -0.2) is 42.5 Å². The highest BCUT2D eigenvalue weighted by molar-refractivity contribution is 6.06. The van der Waals surface area contributed by atoms with Crippen molar-refractivity contribution >= 4 is 22.4 Å². The van der Waals surface area contributed by atoms with Crippen LogP contribution in [0.4, 0.5) is 0 Å². The number of ether oxygens (including phenoxy) is 1. The molecule has 34 heavy (non-hydrogen) atoms. The average Bonchev–Trinajstić information content (AvgIpc) is 3.31. The maximum absolute atomic E-state index is 6.01. The SMILES string of the molecule is CNCCCCCc1cnc2c(ccn2C2=C/C(=C/N)C(=NCC3=CC=C(OC)CC3)CC2)c1. The van der Waals surface area contributed by atoms with E-state index in [1.165, 1.54) is 41.5 Å². The monoisotopic (exact) mass is 459 g/mol. The van der Waals surface area contributed by atoms with Crippen LogP contribution in [-0.2, 0) is 11.2 Å². The highest BCUT2D eigenvalue weighted by atomic mass is 16.5. The summed E-state index contributed by atoms with van der Waals surface area (Å²) in [5.41, 5.74) is 13.0. The van der Waals surface area contributed by atoms with E-state index in [0.29, 0.717) is 0 Å². The van der Waals surface area contributed by atoms with Crippen LogP contribution in [0.5, 0.6) is 0 Å². The zero-order chi connectivity index (χ0) is 23.8. The summed E-state index contributed by atoms with van der Waals surface area (Å²) in [7, 11) is 3.74. The predicted molar refractivity (Wildman–Crippen MR) is 142 cm³/mol. The normalized spacial score (nSPS) is 18.8. The molecule has 180 valence electrons. The van der Waals surface area contributed by atoms with Crippen molar-refractivity contribution in [2.45, 2.75) is 51.4 Å². The minimum atomic E-state index is 0.717. The van der Waals surface area contributed by atoms with Crippen LogP contribution < -0.4 is 11.1 Å². The molecule has 0 saturated heterocycles. The molecule has 2 aromatic heterocycles. The third kappa shape index (κ3) is 5.86. The first-order chi connectivity index (χ1) is 16.7. The van der Waals surface area contributed by atoms with Gasteiger partial charge in [-0.1, -0.05) is 12.5 Å². The minimum absolute atomic E-state index is 0.717. The number of unbranched alkanes of at least 4 members (excludes halogenated alkanes) is 2. The van der Waals surface area contributed by atoms with Crippen LogP contribution in [0.15, 0.2) is 70.9 Å². The molecule has 2 aromatic rings. The number of hydrogen-bond donors (Lipinski definition) is 2. The fraction of sp³-hybridized carbons (Fsp3) is 0.429. The molecule has 0 atom stereocenters. The van der Waals surface area contributed by atoms with Crippen LogP contribution in [0, 0.1) is 0 Å². The number of aryl methyl sites for hydroxylation is 1. The van der Waals surface area contributed by atoms with Gasteiger partial charge in [0, 0.05) is 47.4 Å². The first kappa shape index (κ1) is 24.0. The zero-order valence-corrected chi connectivity index (χ0v) is 20.5. The van der Waals surface area contributed by atoms with Crippen molar-refractivity contribution in [3.63, 3.8) is 0 Å². The molecule has 6 nitrogen and oxygen atoms in total. The summed E-state index contributed by atoms with van der Waals surface area (Å²) >= 11 is 0. The van der Waals surface area contributed by atoms with E-state index in [1.807, 2.05) is 13.2 Å². The second kappa shape index (κ2) is 11.8. The number of rotatable bonds is 10. The highest BCUT2D eigenvalue weighted by Gasteiger charge is 2.17. The van der Waals surface area contributed by atoms with E-state index in [2.05, 4.69) is 46.4 Å². The Bertz CT molecular complexity index is 1150. The van der Waals surface area contributed by atoms with Crippen molar-refractivity contribution in [2.75, 3.05) is 27.2 Å². The number of fused-ring (bicyclic) bond motifs is 1. The molecule has 2 aliphatic carbocycles. The highest BCUT2D eigenvalue weighted by Crippen LogP contribution is 2.28. The molecule has 0 unspecified atom stereocenters. The fourth-order valence-electron chi connectivity index (χ4n) is 4.64. The number of hydrogen-bond acceptors (Lipinski definition) is 5. The first-order valence-electron chi connectivity index (χ1n) is 12.4. The van der Waals surface area contributed by atoms with Crippen molar-refractivity contribution in [2.24, 2.45) is 10.7 Å². The molecule has 0 fully saturated rings. The average molecular weight is 460 g/mol. The molecule has 0 radical (unpaired) electrons. The Hall–Kier alpha value is -3.12. The number of nitrogens with one attached hydrogen (secondary N) is 1. The number of nitrogens with zero attached hydrogens (tertiary/aromatic N) is 3. The Kier molecular flexibility index (Phi) is 8.36. The van der Waals surface area contributed by atoms with Crippen molar-refractivity contribution in [1.29, 1.82) is 0 Å². The Labute approximate surface area is 203 Å². The van der Waals surface area contributed by atoms with Gasteiger partial charge in [0.25, 0.3) is 0 Å². The molecule has 0 spiro atoms. The van der Waals surface area contributed by atoms with E-state index in [1.54, 1.807) is 13.3 Å². The van der Waals surface area contributed by atoms with Crippen molar-refractivity contribution in [3.05, 3.63) is 71.4 Å². The van der Waals surface area contributed by atoms with Gasteiger partial charge in [0.05, 0.1) is 19.4 Å². The van der Waals surface area contributed by atoms with Crippen molar-refractivity contribution in [1.82, 2.24) is 14.9 Å². The van der Waals surface area contributed by atoms with E-state index < -0.39 is 0 Å². The Morgan fingerprint density at radius 1 is 1.18 bits per heavy atom. The maximum Gasteiger partial charge on any atom is 0.144 e. The number of allylic oxidation sites excluding steroid dienone is 6. The standard InChI is InChI=1S/C28H37N5O/c1-30-14-5-3-4-6-22-16-23-13-15-33(28(23)32-20-22)25-9-12-27(24(17-25)18-29)31-19-21-7-10-26(34-2)11-8-21/h7,10,13,15-18,20,30H,3-6,8-9,11-12,14,19,29H2,1-2H3/b24-18-,31-27?. The van der Waals surface area contributed by atoms with E-state index in [4.69, 9.17) is 20.4 Å². The van der Waals surface area contributed by atoms with Gasteiger partial charge in [-0.05, 0) is 87.5 Å². The van der Waals surface area contributed by atoms with Gasteiger partial charge in [0.2, 0.25) is 0 Å². The molecule has 0 amide bonds. The molecule has 2 heterocycles. The molecule has 0 saturated carbocycles. The summed E-state index contributed by atoms with van der Waals surface area (Å²) in [6.45, 7) is 1.81. The van der Waals surface area contributed by atoms with Crippen LogP contribution in [0.3, 0.4) is 0 Å². The quantitative estimate of drug-likeness (QED) is 0.483. The molecular formula is C28H37N5O. The summed E-state index contributed by atoms with van der Waals surface area (Å²) in [6.07, 6.45) is 20.7. The summed E-state index contributed by atoms with van der Waals surface area (Å²) in [5, 5.41) is 4.41. The second-order valence-electron chi connectivity index (χ2n) is 9.04. The molecule has 0 aliphatic heterocycles. The van der Waals surface area contributed by atoms with Gasteiger partial charge in [-0.2, -0.15) is 0 Å². The second-order valence-corrected chi connectivity index (χ2v) is 9.04. The topological polar surface area (TPSA) is 77.5 Å². The molecule has 4 rings (SSSR count). The lowest BCUT2D eigenvalue weighted by atomic mass is 9.97. The Morgan fingerprint density at radius 2 is 2.09 bits per heavy atom. The molecular weight excluding hydrogens is 422 g/mol. The lowest BCUT2D eigenvalue weighted by Crippen LogP contribution is -2.13. The maximum atomic E-state index is 6.01. The third-order valence-corrected chi connectivity index (χ3v) is 6.67. The fourth-order valence-corrected chi connectivity index (χ4v) is 4.64. The number of nitrogens with two attached hydrogens (primary N) is 1. The summed E-state index contributed by atoms with van der Waals surface area (Å²) in [6, 6.07) is 4.45. The number of aliphatic imine (C=N–C) groups is 1. The number of aromatic nitrogens is 2. The molecule has 6 heteroatoms. The Morgan fingerprint density at radius 3 is 2.85 bits per heavy atom. The first-order valence-corrected chi connectivity index (χ1v) is 12.4. The number of methoxy groups -OCH3 is 1. The van der Waals surface area contributed by atoms with Crippen molar-refractivity contribution in [3.8, 4) is 0 Å². The minimum Gasteiger partial charge on any atom is -0.501 e. The van der Waals surface area contributed by atoms with Crippen LogP contribution in [0.1, 0.15) is 50.5 Å². The van der Waals surface area contributed by atoms with E-state index in [-0.39, 0.29) is 0 Å². The van der Waals surface area contributed by atoms with Crippen LogP contribution in [0.25, 0.3) is 16.7 Å².